The second-order valence-electron chi connectivity index (χ2n) is 29.1. The van der Waals surface area contributed by atoms with E-state index in [1.165, 1.54) is 16.2 Å². The van der Waals surface area contributed by atoms with Crippen LogP contribution >= 0.6 is 22.9 Å². The van der Waals surface area contributed by atoms with Crippen molar-refractivity contribution in [3.05, 3.63) is 119 Å². The van der Waals surface area contributed by atoms with E-state index in [1.807, 2.05) is 59.0 Å². The van der Waals surface area contributed by atoms with Crippen LogP contribution in [0.2, 0.25) is 0 Å². The van der Waals surface area contributed by atoms with E-state index in [-0.39, 0.29) is 109 Å². The van der Waals surface area contributed by atoms with Crippen molar-refractivity contribution in [1.82, 2.24) is 35.3 Å². The van der Waals surface area contributed by atoms with Crippen LogP contribution in [0.1, 0.15) is 167 Å². The number of unbranched alkanes of at least 4 members (excludes halogenated alkanes) is 3. The molecular weight excluding hydrogens is 1350 g/mol. The standard InChI is InChI=1S/C73H92ClN11O14S2/c1-46(2)62(81-61(88)20-9-7-6-8-16-52(86)35-74)58(87)34-50(15-13-28-76-67(75)93)64(89)78-51-23-21-48(22-24-51)38-98-69(94)83(31-33-101(95,96)97)30-32-99-73-42-70(4)39-71(5,43-73)41-72(40-70,44-73)45-85-47(3)55(36-77-85)53-25-26-60(80-63(53)66(91)92)84-29-27-49-14-12-17-54(56(49)37-84)65(90)82-68-79-57-18-10-11-19-59(57)100-68/h10-12,14,17-19,21-26,36,46,50,62H,6-9,13,15-16,20,27-35,37-45H2,1-5H3,(H,78,89)(H,81,88)(H,91,92)(H3,75,76,93)(H,79,82,90)(H,95,96,97)/t50-,62+,70?,71?,72?,73?/m1/s1. The zero-order chi connectivity index (χ0) is 72.4. The minimum atomic E-state index is -4.50. The second-order valence-corrected chi connectivity index (χ2v) is 32.0. The number of rotatable bonds is 35. The van der Waals surface area contributed by atoms with Gasteiger partial charge in [0.05, 0.1) is 46.3 Å². The van der Waals surface area contributed by atoms with Crippen molar-refractivity contribution in [2.24, 2.45) is 33.8 Å². The zero-order valence-corrected chi connectivity index (χ0v) is 60.3. The molecule has 0 spiro atoms. The molecule has 3 aromatic heterocycles. The first-order valence-corrected chi connectivity index (χ1v) is 37.6. The average molecular weight is 1450 g/mol. The Kier molecular flexibility index (Phi) is 24.1. The van der Waals surface area contributed by atoms with Crippen LogP contribution in [0.5, 0.6) is 0 Å². The molecule has 4 bridgehead atoms. The van der Waals surface area contributed by atoms with Crippen molar-refractivity contribution < 1.29 is 65.9 Å². The van der Waals surface area contributed by atoms with Crippen LogP contribution in [-0.4, -0.2) is 146 Å². The smallest absolute Gasteiger partial charge is 0.410 e. The fourth-order valence-electron chi connectivity index (χ4n) is 16.6. The molecule has 0 saturated heterocycles. The Bertz CT molecular complexity index is 4130. The summed E-state index contributed by atoms with van der Waals surface area (Å²) in [5.74, 6) is -4.01. The van der Waals surface area contributed by atoms with E-state index in [0.29, 0.717) is 97.0 Å². The molecule has 11 rings (SSSR count). The Hall–Kier alpha value is -8.37. The molecule has 4 saturated carbocycles. The number of carboxylic acids is 1. The summed E-state index contributed by atoms with van der Waals surface area (Å²) in [7, 11) is -4.50. The van der Waals surface area contributed by atoms with Crippen molar-refractivity contribution in [2.75, 3.05) is 60.0 Å². The minimum Gasteiger partial charge on any atom is -0.476 e. The first-order chi connectivity index (χ1) is 48.0. The van der Waals surface area contributed by atoms with Gasteiger partial charge in [-0.1, -0.05) is 88.3 Å². The van der Waals surface area contributed by atoms with Gasteiger partial charge in [-0.05, 0) is 159 Å². The predicted octanol–water partition coefficient (Wildman–Crippen LogP) is 11.3. The number of nitrogens with two attached hydrogens (primary N) is 1. The number of primary amides is 1. The summed E-state index contributed by atoms with van der Waals surface area (Å²) in [5.41, 5.74) is 9.98. The number of amides is 6. The summed E-state index contributed by atoms with van der Waals surface area (Å²) in [5, 5.41) is 27.4. The van der Waals surface area contributed by atoms with Gasteiger partial charge in [0.25, 0.3) is 16.0 Å². The SMILES string of the molecule is Cc1c(-c2ccc(N3CCc4cccc(C(=O)Nc5nc6ccccc6s5)c4C3)nc2C(=O)O)cnn1CC12CC3(C)CC(C)(C1)CC(OCCN(CCS(=O)(=O)O)C(=O)OCc1ccc(NC(=O)[C@H](CCCNC(N)=O)CC(=O)[C@@H](NC(=O)CCCCCCC(=O)CCl)C(C)C)cc1)(C3)C2. The molecular formula is C73H92ClN11O14S2. The van der Waals surface area contributed by atoms with E-state index >= 15 is 0 Å². The van der Waals surface area contributed by atoms with E-state index < -0.39 is 57.4 Å². The number of aromatic carboxylic acids is 1. The molecule has 542 valence electrons. The van der Waals surface area contributed by atoms with Gasteiger partial charge in [-0.3, -0.25) is 38.5 Å². The molecule has 28 heteroatoms. The molecule has 2 unspecified atom stereocenters. The van der Waals surface area contributed by atoms with Gasteiger partial charge >= 0.3 is 18.1 Å². The number of carboxylic acid groups (broad SMARTS) is 1. The molecule has 1 aliphatic heterocycles. The number of Topliss-reactive ketones (excluding diaryl/α,β-unsaturated/α-hetero) is 2. The van der Waals surface area contributed by atoms with Gasteiger partial charge in [0, 0.05) is 92.5 Å². The number of carbonyl (C=O) groups is 8. The lowest BCUT2D eigenvalue weighted by molar-refractivity contribution is -0.248. The summed E-state index contributed by atoms with van der Waals surface area (Å²) >= 11 is 6.99. The number of hydrogen-bond acceptors (Lipinski definition) is 17. The molecule has 4 atom stereocenters. The third-order valence-corrected chi connectivity index (χ3v) is 22.1. The van der Waals surface area contributed by atoms with Gasteiger partial charge in [-0.15, -0.1) is 11.6 Å². The number of urea groups is 1. The number of benzene rings is 3. The van der Waals surface area contributed by atoms with Gasteiger partial charge in [0.1, 0.15) is 18.2 Å². The number of hydrogen-bond donors (Lipinski definition) is 7. The Morgan fingerprint density at radius 3 is 2.26 bits per heavy atom. The number of nitrogens with zero attached hydrogens (tertiary/aromatic N) is 6. The molecule has 5 aliphatic rings. The number of pyridine rings is 1. The first-order valence-electron chi connectivity index (χ1n) is 34.7. The lowest BCUT2D eigenvalue weighted by atomic mass is 9.39. The Morgan fingerprint density at radius 1 is 0.832 bits per heavy atom. The maximum absolute atomic E-state index is 13.9. The van der Waals surface area contributed by atoms with Crippen molar-refractivity contribution in [3.8, 4) is 11.1 Å². The largest absolute Gasteiger partial charge is 0.476 e. The molecule has 25 nitrogen and oxygen atoms in total. The number of para-hydroxylation sites is 1. The van der Waals surface area contributed by atoms with Crippen LogP contribution in [0.15, 0.2) is 85.1 Å². The van der Waals surface area contributed by atoms with E-state index in [1.54, 1.807) is 56.4 Å². The molecule has 3 aromatic carbocycles. The number of halogens is 1. The highest BCUT2D eigenvalue weighted by molar-refractivity contribution is 7.85. The van der Waals surface area contributed by atoms with Gasteiger partial charge < -0.3 is 46.1 Å². The number of thiazole rings is 1. The number of alkyl halides is 1. The normalized spacial score (nSPS) is 20.4. The molecule has 8 N–H and O–H groups in total. The summed E-state index contributed by atoms with van der Waals surface area (Å²) in [6.07, 6.45) is 10.2. The number of anilines is 3. The van der Waals surface area contributed by atoms with Crippen molar-refractivity contribution in [2.45, 2.75) is 169 Å². The van der Waals surface area contributed by atoms with E-state index in [4.69, 9.17) is 36.9 Å². The zero-order valence-electron chi connectivity index (χ0n) is 57.9. The fourth-order valence-corrected chi connectivity index (χ4v) is 18.1. The first kappa shape index (κ1) is 75.3. The van der Waals surface area contributed by atoms with Crippen molar-refractivity contribution in [3.63, 3.8) is 0 Å². The molecule has 101 heavy (non-hydrogen) atoms. The van der Waals surface area contributed by atoms with Gasteiger partial charge in [0.15, 0.2) is 16.6 Å². The average Bonchev–Trinajstić information content (AvgIpc) is 0.834. The quantitative estimate of drug-likeness (QED) is 0.0110. The number of aromatic nitrogens is 4. The van der Waals surface area contributed by atoms with Crippen LogP contribution in [0.25, 0.3) is 21.3 Å². The second kappa shape index (κ2) is 32.3. The van der Waals surface area contributed by atoms with Crippen LogP contribution in [0.4, 0.5) is 26.2 Å². The molecule has 4 heterocycles. The minimum absolute atomic E-state index is 0.0210. The highest BCUT2D eigenvalue weighted by Gasteiger charge is 2.66. The predicted molar refractivity (Wildman–Crippen MR) is 384 cm³/mol. The molecule has 0 radical (unpaired) electrons. The van der Waals surface area contributed by atoms with Crippen molar-refractivity contribution in [1.29, 1.82) is 0 Å². The topological polar surface area (TPSA) is 354 Å². The molecule has 4 fully saturated rings. The molecule has 6 aromatic rings. The highest BCUT2D eigenvalue weighted by atomic mass is 35.5. The maximum atomic E-state index is 13.9. The maximum Gasteiger partial charge on any atom is 0.410 e. The van der Waals surface area contributed by atoms with Crippen LogP contribution in [-0.2, 0) is 64.9 Å². The van der Waals surface area contributed by atoms with Gasteiger partial charge in [-0.25, -0.2) is 24.4 Å². The van der Waals surface area contributed by atoms with Gasteiger partial charge in [0.2, 0.25) is 11.8 Å². The van der Waals surface area contributed by atoms with Crippen LogP contribution in [0, 0.1) is 35.0 Å². The van der Waals surface area contributed by atoms with Crippen molar-refractivity contribution >= 4 is 107 Å². The van der Waals surface area contributed by atoms with Crippen LogP contribution < -0.4 is 31.9 Å². The molecule has 4 aliphatic carbocycles. The fraction of sp³-hybridized carbons (Fsp3) is 0.521. The third-order valence-electron chi connectivity index (χ3n) is 20.1. The lowest BCUT2D eigenvalue weighted by Gasteiger charge is -2.69. The number of fused-ring (bicyclic) bond motifs is 2. The monoisotopic (exact) mass is 1450 g/mol. The number of ketones is 2. The number of nitrogens with one attached hydrogen (secondary N) is 4. The van der Waals surface area contributed by atoms with E-state index in [2.05, 4.69) is 40.1 Å². The van der Waals surface area contributed by atoms with E-state index in [0.717, 1.165) is 72.0 Å². The van der Waals surface area contributed by atoms with E-state index in [9.17, 15) is 56.4 Å². The Balaban J connectivity index is 0.753. The summed E-state index contributed by atoms with van der Waals surface area (Å²) < 4.78 is 49.7. The van der Waals surface area contributed by atoms with Gasteiger partial charge in [-0.2, -0.15) is 13.5 Å². The lowest BCUT2D eigenvalue weighted by Crippen LogP contribution is -2.64. The van der Waals surface area contributed by atoms with Crippen LogP contribution in [0.3, 0.4) is 0 Å². The highest BCUT2D eigenvalue weighted by Crippen LogP contribution is 2.72. The summed E-state index contributed by atoms with van der Waals surface area (Å²) in [4.78, 5) is 117. The Morgan fingerprint density at radius 2 is 1.56 bits per heavy atom. The number of ether oxygens (including phenoxy) is 2. The summed E-state index contributed by atoms with van der Waals surface area (Å²) in [6.45, 7) is 11.1. The Labute approximate surface area is 597 Å². The summed E-state index contributed by atoms with van der Waals surface area (Å²) in [6, 6.07) is 21.9. The molecule has 6 amide bonds. The number of carbonyl (C=O) groups excluding carboxylic acids is 7. The third kappa shape index (κ3) is 19.4.